The minimum absolute atomic E-state index is 0.307. The molecule has 74 valence electrons. The summed E-state index contributed by atoms with van der Waals surface area (Å²) in [6, 6.07) is 0. The minimum atomic E-state index is -0.843. The maximum absolute atomic E-state index is 10.6. The number of ether oxygens (including phenoxy) is 1. The molecule has 0 saturated carbocycles. The van der Waals surface area contributed by atoms with Crippen molar-refractivity contribution >= 4 is 0 Å². The number of hydrogen-bond acceptors (Lipinski definition) is 3. The quantitative estimate of drug-likeness (QED) is 0.504. The molecular weight excluding hydrogens is 158 g/mol. The molecule has 1 atom stereocenters. The molecule has 0 bridgehead atoms. The van der Waals surface area contributed by atoms with Crippen LogP contribution >= 0.6 is 0 Å². The molecule has 0 fully saturated rings. The summed E-state index contributed by atoms with van der Waals surface area (Å²) in [5.41, 5.74) is -0.307. The number of nitrogens with one attached hydrogen (secondary N) is 1. The Balaban J connectivity index is 4.04. The molecule has 0 aromatic rings. The fourth-order valence-corrected chi connectivity index (χ4v) is 1.10. The molecule has 0 aromatic carbocycles. The van der Waals surface area contributed by atoms with Crippen LogP contribution < -0.4 is 5.23 Å². The summed E-state index contributed by atoms with van der Waals surface area (Å²) in [5.74, 6) is -0.843. The van der Waals surface area contributed by atoms with Gasteiger partial charge in [0.1, 0.15) is 0 Å². The van der Waals surface area contributed by atoms with Gasteiger partial charge in [-0.05, 0) is 34.6 Å². The van der Waals surface area contributed by atoms with Crippen molar-refractivity contribution in [2.24, 2.45) is 0 Å². The fourth-order valence-electron chi connectivity index (χ4n) is 1.10. The molecule has 12 heavy (non-hydrogen) atoms. The van der Waals surface area contributed by atoms with E-state index in [2.05, 4.69) is 0 Å². The van der Waals surface area contributed by atoms with Crippen LogP contribution in [0.15, 0.2) is 0 Å². The van der Waals surface area contributed by atoms with Crippen LogP contribution in [0.25, 0.3) is 0 Å². The first-order valence-corrected chi connectivity index (χ1v) is 4.02. The van der Waals surface area contributed by atoms with Crippen molar-refractivity contribution in [1.82, 2.24) is 0 Å². The Hall–Kier alpha value is -0.160. The second kappa shape index (κ2) is 3.70. The van der Waals surface area contributed by atoms with Crippen LogP contribution in [0.1, 0.15) is 34.6 Å². The third kappa shape index (κ3) is 6.54. The van der Waals surface area contributed by atoms with Crippen LogP contribution in [0, 0.1) is 5.21 Å². The maximum atomic E-state index is 10.6. The highest BCUT2D eigenvalue weighted by Crippen LogP contribution is 2.18. The van der Waals surface area contributed by atoms with Gasteiger partial charge in [-0.25, -0.2) is 5.23 Å². The van der Waals surface area contributed by atoms with Crippen molar-refractivity contribution in [2.75, 3.05) is 7.05 Å². The van der Waals surface area contributed by atoms with Crippen molar-refractivity contribution in [3.63, 3.8) is 0 Å². The Morgan fingerprint density at radius 2 is 1.50 bits per heavy atom. The SMILES string of the molecule is C[NH+]([O-])OC(C)(C)OC(C)(C)C. The zero-order valence-electron chi connectivity index (χ0n) is 8.72. The van der Waals surface area contributed by atoms with Gasteiger partial charge < -0.3 is 9.94 Å². The van der Waals surface area contributed by atoms with Gasteiger partial charge in [-0.1, -0.05) is 0 Å². The summed E-state index contributed by atoms with van der Waals surface area (Å²) < 4.78 is 5.49. The molecule has 0 aromatic heterocycles. The van der Waals surface area contributed by atoms with Gasteiger partial charge in [-0.3, -0.25) is 0 Å². The zero-order chi connectivity index (χ0) is 9.99. The lowest BCUT2D eigenvalue weighted by atomic mass is 10.2. The molecule has 4 nitrogen and oxygen atoms in total. The van der Waals surface area contributed by atoms with Crippen molar-refractivity contribution in [3.8, 4) is 0 Å². The van der Waals surface area contributed by atoms with E-state index in [0.29, 0.717) is 0 Å². The first kappa shape index (κ1) is 11.8. The van der Waals surface area contributed by atoms with Crippen LogP contribution in [0.5, 0.6) is 0 Å². The van der Waals surface area contributed by atoms with Crippen molar-refractivity contribution < 1.29 is 14.8 Å². The van der Waals surface area contributed by atoms with Gasteiger partial charge in [0.05, 0.1) is 12.6 Å². The van der Waals surface area contributed by atoms with E-state index in [1.807, 2.05) is 20.8 Å². The number of hydroxylamine groups is 2. The molecule has 4 heteroatoms. The average Bonchev–Trinajstić information content (AvgIpc) is 1.48. The van der Waals surface area contributed by atoms with Gasteiger partial charge in [0, 0.05) is 0 Å². The highest BCUT2D eigenvalue weighted by atomic mass is 16.9. The van der Waals surface area contributed by atoms with Crippen molar-refractivity contribution in [3.05, 3.63) is 5.21 Å². The van der Waals surface area contributed by atoms with Crippen LogP contribution in [-0.4, -0.2) is 18.4 Å². The summed E-state index contributed by atoms with van der Waals surface area (Å²) in [5, 5.41) is 10.3. The molecule has 0 radical (unpaired) electrons. The van der Waals surface area contributed by atoms with Gasteiger partial charge in [0.2, 0.25) is 5.79 Å². The van der Waals surface area contributed by atoms with Crippen LogP contribution in [0.2, 0.25) is 0 Å². The molecule has 0 aliphatic rings. The van der Waals surface area contributed by atoms with Gasteiger partial charge in [0.15, 0.2) is 0 Å². The molecule has 0 rings (SSSR count). The smallest absolute Gasteiger partial charge is 0.220 e. The molecule has 1 N–H and O–H groups in total. The van der Waals surface area contributed by atoms with Gasteiger partial charge in [-0.15, -0.1) is 0 Å². The number of quaternary nitrogens is 1. The highest BCUT2D eigenvalue weighted by Gasteiger charge is 2.29. The normalized spacial score (nSPS) is 16.2. The summed E-state index contributed by atoms with van der Waals surface area (Å²) in [4.78, 5) is 4.95. The molecular formula is C8H19NO3. The Bertz CT molecular complexity index is 138. The van der Waals surface area contributed by atoms with Crippen LogP contribution in [-0.2, 0) is 9.57 Å². The van der Waals surface area contributed by atoms with E-state index < -0.39 is 5.79 Å². The molecule has 0 aliphatic heterocycles. The van der Waals surface area contributed by atoms with Gasteiger partial charge >= 0.3 is 0 Å². The van der Waals surface area contributed by atoms with E-state index in [1.54, 1.807) is 13.8 Å². The second-order valence-corrected chi connectivity index (χ2v) is 4.21. The third-order valence-corrected chi connectivity index (χ3v) is 0.941. The molecule has 0 amide bonds. The van der Waals surface area contributed by atoms with Gasteiger partial charge in [0.25, 0.3) is 0 Å². The van der Waals surface area contributed by atoms with E-state index in [1.165, 1.54) is 7.05 Å². The number of rotatable bonds is 3. The van der Waals surface area contributed by atoms with E-state index in [9.17, 15) is 5.21 Å². The highest BCUT2D eigenvalue weighted by molar-refractivity contribution is 4.64. The van der Waals surface area contributed by atoms with Gasteiger partial charge in [-0.2, -0.15) is 4.84 Å². The first-order chi connectivity index (χ1) is 5.12. The summed E-state index contributed by atoms with van der Waals surface area (Å²) in [7, 11) is 1.37. The molecule has 1 unspecified atom stereocenters. The fraction of sp³-hybridized carbons (Fsp3) is 1.00. The maximum Gasteiger partial charge on any atom is 0.220 e. The van der Waals surface area contributed by atoms with Crippen LogP contribution in [0.3, 0.4) is 0 Å². The lowest BCUT2D eigenvalue weighted by Gasteiger charge is -2.34. The Labute approximate surface area is 74.0 Å². The predicted octanol–water partition coefficient (Wildman–Crippen LogP) is 0.482. The summed E-state index contributed by atoms with van der Waals surface area (Å²) >= 11 is 0. The molecule has 0 saturated heterocycles. The van der Waals surface area contributed by atoms with Crippen LogP contribution in [0.4, 0.5) is 0 Å². The number of hydrogen-bond donors (Lipinski definition) is 1. The topological polar surface area (TPSA) is 46.0 Å². The Morgan fingerprint density at radius 3 is 1.75 bits per heavy atom. The van der Waals surface area contributed by atoms with E-state index >= 15 is 0 Å². The van der Waals surface area contributed by atoms with E-state index in [0.717, 1.165) is 0 Å². The predicted molar refractivity (Wildman–Crippen MR) is 46.3 cm³/mol. The van der Waals surface area contributed by atoms with Crippen molar-refractivity contribution in [2.45, 2.75) is 46.0 Å². The lowest BCUT2D eigenvalue weighted by molar-refractivity contribution is -1.05. The molecule has 0 spiro atoms. The lowest BCUT2D eigenvalue weighted by Crippen LogP contribution is -3.04. The Morgan fingerprint density at radius 1 is 1.08 bits per heavy atom. The average molecular weight is 177 g/mol. The first-order valence-electron chi connectivity index (χ1n) is 4.02. The summed E-state index contributed by atoms with van der Waals surface area (Å²) in [6.45, 7) is 9.19. The minimum Gasteiger partial charge on any atom is -0.600 e. The molecule has 0 aliphatic carbocycles. The zero-order valence-corrected chi connectivity index (χ0v) is 8.72. The van der Waals surface area contributed by atoms with E-state index in [-0.39, 0.29) is 10.8 Å². The second-order valence-electron chi connectivity index (χ2n) is 4.21. The third-order valence-electron chi connectivity index (χ3n) is 0.941. The standard InChI is InChI=1S/C8H19NO3/c1-7(2,3)11-8(4,5)12-9(6)10/h9H,1-6H3. The monoisotopic (exact) mass is 177 g/mol. The Kier molecular flexibility index (Phi) is 3.65. The van der Waals surface area contributed by atoms with Crippen molar-refractivity contribution in [1.29, 1.82) is 0 Å². The van der Waals surface area contributed by atoms with E-state index in [4.69, 9.17) is 9.57 Å². The molecule has 0 heterocycles. The largest absolute Gasteiger partial charge is 0.600 e. The summed E-state index contributed by atoms with van der Waals surface area (Å²) in [6.07, 6.45) is 0.